The van der Waals surface area contributed by atoms with Crippen LogP contribution in [0.1, 0.15) is 15.9 Å². The number of carbonyl (C=O) groups is 1. The topological polar surface area (TPSA) is 50.8 Å². The Morgan fingerprint density at radius 3 is 2.62 bits per heavy atom. The van der Waals surface area contributed by atoms with Crippen LogP contribution in [0, 0.1) is 6.92 Å². The summed E-state index contributed by atoms with van der Waals surface area (Å²) in [4.78, 5) is 14.9. The molecule has 1 amide bonds. The number of hydrogen-bond donors (Lipinski definition) is 1. The van der Waals surface area contributed by atoms with Gasteiger partial charge < -0.3 is 19.7 Å². The second-order valence-corrected chi connectivity index (χ2v) is 5.75. The van der Waals surface area contributed by atoms with Crippen molar-refractivity contribution in [3.05, 3.63) is 53.6 Å². The Balaban J connectivity index is 1.90. The highest BCUT2D eigenvalue weighted by Crippen LogP contribution is 2.31. The molecule has 1 aliphatic rings. The van der Waals surface area contributed by atoms with E-state index in [1.165, 1.54) is 0 Å². The van der Waals surface area contributed by atoms with Crippen molar-refractivity contribution in [2.45, 2.75) is 6.92 Å². The van der Waals surface area contributed by atoms with Gasteiger partial charge >= 0.3 is 0 Å². The van der Waals surface area contributed by atoms with Crippen LogP contribution in [-0.2, 0) is 4.74 Å². The van der Waals surface area contributed by atoms with Crippen LogP contribution in [0.2, 0.25) is 0 Å². The molecule has 0 radical (unpaired) electrons. The summed E-state index contributed by atoms with van der Waals surface area (Å²) in [6.07, 6.45) is 0. The van der Waals surface area contributed by atoms with Crippen LogP contribution in [0.3, 0.4) is 0 Å². The van der Waals surface area contributed by atoms with Crippen LogP contribution >= 0.6 is 0 Å². The predicted octanol–water partition coefficient (Wildman–Crippen LogP) is 3.09. The molecule has 1 fully saturated rings. The Bertz CT molecular complexity index is 724. The third kappa shape index (κ3) is 3.51. The summed E-state index contributed by atoms with van der Waals surface area (Å²) < 4.78 is 10.7. The molecule has 5 nitrogen and oxygen atoms in total. The third-order valence-corrected chi connectivity index (χ3v) is 4.19. The minimum atomic E-state index is -0.115. The molecule has 24 heavy (non-hydrogen) atoms. The lowest BCUT2D eigenvalue weighted by molar-refractivity contribution is 0.102. The maximum absolute atomic E-state index is 12.7. The molecule has 1 N–H and O–H groups in total. The van der Waals surface area contributed by atoms with Gasteiger partial charge in [0.15, 0.2) is 0 Å². The monoisotopic (exact) mass is 326 g/mol. The number of nitrogens with one attached hydrogen (secondary N) is 1. The summed E-state index contributed by atoms with van der Waals surface area (Å²) in [6.45, 7) is 4.93. The number of methoxy groups -OCH3 is 1. The van der Waals surface area contributed by atoms with Gasteiger partial charge in [-0.15, -0.1) is 0 Å². The normalized spacial score (nSPS) is 14.3. The van der Waals surface area contributed by atoms with Gasteiger partial charge in [0.05, 0.1) is 31.7 Å². The van der Waals surface area contributed by atoms with Crippen LogP contribution in [0.25, 0.3) is 0 Å². The molecule has 1 heterocycles. The van der Waals surface area contributed by atoms with E-state index < -0.39 is 0 Å². The standard InChI is InChI=1S/C19H22N2O3/c1-14-5-3-4-6-16(14)19(22)20-17-13-15(23-2)7-8-18(17)21-9-11-24-12-10-21/h3-8,13H,9-12H2,1-2H3,(H,20,22). The molecule has 0 aromatic heterocycles. The first-order chi connectivity index (χ1) is 11.7. The zero-order chi connectivity index (χ0) is 16.9. The van der Waals surface area contributed by atoms with Gasteiger partial charge in [0.2, 0.25) is 0 Å². The Kier molecular flexibility index (Phi) is 5.01. The van der Waals surface area contributed by atoms with E-state index in [9.17, 15) is 4.79 Å². The molecule has 0 bridgehead atoms. The first-order valence-electron chi connectivity index (χ1n) is 8.07. The Morgan fingerprint density at radius 2 is 1.92 bits per heavy atom. The van der Waals surface area contributed by atoms with E-state index in [-0.39, 0.29) is 5.91 Å². The SMILES string of the molecule is COc1ccc(N2CCOCC2)c(NC(=O)c2ccccc2C)c1. The number of rotatable bonds is 4. The number of morpholine rings is 1. The first kappa shape index (κ1) is 16.3. The van der Waals surface area contributed by atoms with Gasteiger partial charge in [-0.25, -0.2) is 0 Å². The number of nitrogens with zero attached hydrogens (tertiary/aromatic N) is 1. The molecule has 0 aliphatic carbocycles. The molecule has 2 aromatic rings. The third-order valence-electron chi connectivity index (χ3n) is 4.19. The molecule has 0 saturated carbocycles. The average molecular weight is 326 g/mol. The van der Waals surface area contributed by atoms with Crippen LogP contribution in [0.5, 0.6) is 5.75 Å². The van der Waals surface area contributed by atoms with Gasteiger partial charge in [-0.1, -0.05) is 18.2 Å². The van der Waals surface area contributed by atoms with Crippen LogP contribution in [0.4, 0.5) is 11.4 Å². The molecule has 0 unspecified atom stereocenters. The number of anilines is 2. The zero-order valence-electron chi connectivity index (χ0n) is 14.0. The van der Waals surface area contributed by atoms with Crippen LogP contribution in [-0.4, -0.2) is 39.3 Å². The van der Waals surface area contributed by atoms with Crippen molar-refractivity contribution in [2.24, 2.45) is 0 Å². The van der Waals surface area contributed by atoms with Crippen molar-refractivity contribution in [2.75, 3.05) is 43.6 Å². The first-order valence-corrected chi connectivity index (χ1v) is 8.07. The fourth-order valence-electron chi connectivity index (χ4n) is 2.84. The largest absolute Gasteiger partial charge is 0.497 e. The van der Waals surface area contributed by atoms with Crippen molar-refractivity contribution in [3.63, 3.8) is 0 Å². The van der Waals surface area contributed by atoms with Crippen LogP contribution < -0.4 is 15.0 Å². The Hall–Kier alpha value is -2.53. The molecule has 2 aromatic carbocycles. The molecular weight excluding hydrogens is 304 g/mol. The number of ether oxygens (including phenoxy) is 2. The smallest absolute Gasteiger partial charge is 0.255 e. The van der Waals surface area contributed by atoms with E-state index in [1.807, 2.05) is 49.4 Å². The molecule has 1 aliphatic heterocycles. The van der Waals surface area contributed by atoms with Crippen molar-refractivity contribution in [1.29, 1.82) is 0 Å². The summed E-state index contributed by atoms with van der Waals surface area (Å²) in [6, 6.07) is 13.3. The van der Waals surface area contributed by atoms with E-state index in [4.69, 9.17) is 9.47 Å². The van der Waals surface area contributed by atoms with Crippen molar-refractivity contribution in [3.8, 4) is 5.75 Å². The summed E-state index contributed by atoms with van der Waals surface area (Å²) in [5, 5.41) is 3.04. The minimum Gasteiger partial charge on any atom is -0.497 e. The Morgan fingerprint density at radius 1 is 1.17 bits per heavy atom. The molecule has 0 atom stereocenters. The van der Waals surface area contributed by atoms with E-state index in [0.29, 0.717) is 24.5 Å². The van der Waals surface area contributed by atoms with Gasteiger partial charge in [0.1, 0.15) is 5.75 Å². The maximum atomic E-state index is 12.7. The molecule has 3 rings (SSSR count). The highest BCUT2D eigenvalue weighted by molar-refractivity contribution is 6.07. The summed E-state index contributed by atoms with van der Waals surface area (Å²) in [5.74, 6) is 0.600. The summed E-state index contributed by atoms with van der Waals surface area (Å²) >= 11 is 0. The molecule has 1 saturated heterocycles. The lowest BCUT2D eigenvalue weighted by atomic mass is 10.1. The van der Waals surface area contributed by atoms with Crippen LogP contribution in [0.15, 0.2) is 42.5 Å². The zero-order valence-corrected chi connectivity index (χ0v) is 14.0. The van der Waals surface area contributed by atoms with Crippen molar-refractivity contribution in [1.82, 2.24) is 0 Å². The molecule has 0 spiro atoms. The number of hydrogen-bond acceptors (Lipinski definition) is 4. The van der Waals surface area contributed by atoms with Gasteiger partial charge in [-0.05, 0) is 30.7 Å². The second kappa shape index (κ2) is 7.36. The fraction of sp³-hybridized carbons (Fsp3) is 0.316. The number of aryl methyl sites for hydroxylation is 1. The van der Waals surface area contributed by atoms with Gasteiger partial charge in [-0.3, -0.25) is 4.79 Å². The van der Waals surface area contributed by atoms with Gasteiger partial charge in [0.25, 0.3) is 5.91 Å². The number of carbonyl (C=O) groups excluding carboxylic acids is 1. The fourth-order valence-corrected chi connectivity index (χ4v) is 2.84. The van der Waals surface area contributed by atoms with Crippen molar-refractivity contribution < 1.29 is 14.3 Å². The van der Waals surface area contributed by atoms with E-state index in [2.05, 4.69) is 10.2 Å². The van der Waals surface area contributed by atoms with E-state index in [0.717, 1.165) is 30.0 Å². The molecular formula is C19H22N2O3. The lowest BCUT2D eigenvalue weighted by Gasteiger charge is -2.30. The van der Waals surface area contributed by atoms with Gasteiger partial charge in [0, 0.05) is 24.7 Å². The number of benzene rings is 2. The number of amides is 1. The van der Waals surface area contributed by atoms with Crippen molar-refractivity contribution >= 4 is 17.3 Å². The van der Waals surface area contributed by atoms with E-state index >= 15 is 0 Å². The average Bonchev–Trinajstić information content (AvgIpc) is 2.62. The predicted molar refractivity (Wildman–Crippen MR) is 95.2 cm³/mol. The van der Waals surface area contributed by atoms with Gasteiger partial charge in [-0.2, -0.15) is 0 Å². The molecule has 126 valence electrons. The summed E-state index contributed by atoms with van der Waals surface area (Å²) in [5.41, 5.74) is 3.37. The lowest BCUT2D eigenvalue weighted by Crippen LogP contribution is -2.36. The molecule has 5 heteroatoms. The second-order valence-electron chi connectivity index (χ2n) is 5.75. The van der Waals surface area contributed by atoms with E-state index in [1.54, 1.807) is 7.11 Å². The highest BCUT2D eigenvalue weighted by atomic mass is 16.5. The highest BCUT2D eigenvalue weighted by Gasteiger charge is 2.18. The summed E-state index contributed by atoms with van der Waals surface area (Å²) in [7, 11) is 1.62. The quantitative estimate of drug-likeness (QED) is 0.938. The Labute approximate surface area is 142 Å². The maximum Gasteiger partial charge on any atom is 0.255 e. The minimum absolute atomic E-state index is 0.115.